The van der Waals surface area contributed by atoms with Gasteiger partial charge in [-0.25, -0.2) is 4.98 Å². The Labute approximate surface area is 145 Å². The normalized spacial score (nSPS) is 10.5. The summed E-state index contributed by atoms with van der Waals surface area (Å²) in [5.74, 6) is 0.552. The van der Waals surface area contributed by atoms with E-state index in [-0.39, 0.29) is 0 Å². The lowest BCUT2D eigenvalue weighted by Gasteiger charge is -2.12. The minimum Gasteiger partial charge on any atom is -0.362 e. The molecule has 0 bridgehead atoms. The summed E-state index contributed by atoms with van der Waals surface area (Å²) in [4.78, 5) is 5.53. The van der Waals surface area contributed by atoms with Crippen molar-refractivity contribution in [1.29, 1.82) is 0 Å². The smallest absolute Gasteiger partial charge is 0.170 e. The van der Waals surface area contributed by atoms with Crippen LogP contribution in [0.25, 0.3) is 0 Å². The second-order valence-electron chi connectivity index (χ2n) is 5.17. The molecule has 0 spiro atoms. The Bertz CT molecular complexity index is 612. The Balaban J connectivity index is 1.90. The van der Waals surface area contributed by atoms with Gasteiger partial charge in [-0.3, -0.25) is 0 Å². The molecule has 1 aromatic carbocycles. The number of nitrogens with one attached hydrogen (secondary N) is 2. The molecular formula is C16H18ClN3S2. The summed E-state index contributed by atoms with van der Waals surface area (Å²) in [5.41, 5.74) is 0.877. The van der Waals surface area contributed by atoms with Gasteiger partial charge in [-0.1, -0.05) is 37.2 Å². The highest BCUT2D eigenvalue weighted by Gasteiger charge is 2.02. The highest BCUT2D eigenvalue weighted by Crippen LogP contribution is 2.27. The number of rotatable bonds is 5. The minimum atomic E-state index is 0.552. The van der Waals surface area contributed by atoms with E-state index in [9.17, 15) is 0 Å². The van der Waals surface area contributed by atoms with Crippen LogP contribution >= 0.6 is 35.6 Å². The maximum Gasteiger partial charge on any atom is 0.170 e. The van der Waals surface area contributed by atoms with Crippen LogP contribution in [-0.2, 0) is 0 Å². The van der Waals surface area contributed by atoms with E-state index in [2.05, 4.69) is 29.5 Å². The molecule has 0 aliphatic heterocycles. The van der Waals surface area contributed by atoms with E-state index in [1.54, 1.807) is 18.0 Å². The maximum atomic E-state index is 5.88. The average molecular weight is 352 g/mol. The number of aromatic nitrogens is 1. The SMILES string of the molecule is CC(C)CNC(=S)Nc1ccc(Sc2ccc(Cl)cc2)nc1. The van der Waals surface area contributed by atoms with Gasteiger partial charge in [-0.2, -0.15) is 0 Å². The molecule has 0 amide bonds. The van der Waals surface area contributed by atoms with Gasteiger partial charge in [0, 0.05) is 16.5 Å². The first kappa shape index (κ1) is 17.1. The van der Waals surface area contributed by atoms with E-state index in [1.165, 1.54) is 0 Å². The summed E-state index contributed by atoms with van der Waals surface area (Å²) in [7, 11) is 0. The van der Waals surface area contributed by atoms with Crippen LogP contribution in [0.4, 0.5) is 5.69 Å². The van der Waals surface area contributed by atoms with Crippen molar-refractivity contribution >= 4 is 46.4 Å². The van der Waals surface area contributed by atoms with Crippen molar-refractivity contribution in [2.24, 2.45) is 5.92 Å². The highest BCUT2D eigenvalue weighted by molar-refractivity contribution is 7.99. The van der Waals surface area contributed by atoms with Crippen LogP contribution in [0.2, 0.25) is 5.02 Å². The van der Waals surface area contributed by atoms with Crippen molar-refractivity contribution in [3.8, 4) is 0 Å². The standard InChI is InChI=1S/C16H18ClN3S2/c1-11(2)9-19-16(21)20-13-5-8-15(18-10-13)22-14-6-3-12(17)4-7-14/h3-8,10-11H,9H2,1-2H3,(H2,19,20,21). The predicted octanol–water partition coefficient (Wildman–Crippen LogP) is 4.83. The molecule has 6 heteroatoms. The number of hydrogen-bond donors (Lipinski definition) is 2. The molecule has 0 aliphatic carbocycles. The van der Waals surface area contributed by atoms with Crippen molar-refractivity contribution in [3.63, 3.8) is 0 Å². The van der Waals surface area contributed by atoms with Crippen molar-refractivity contribution in [3.05, 3.63) is 47.6 Å². The molecule has 0 unspecified atom stereocenters. The third-order valence-electron chi connectivity index (χ3n) is 2.70. The Morgan fingerprint density at radius 2 is 1.95 bits per heavy atom. The van der Waals surface area contributed by atoms with Crippen LogP contribution in [0.5, 0.6) is 0 Å². The van der Waals surface area contributed by atoms with Crippen molar-refractivity contribution in [2.75, 3.05) is 11.9 Å². The second-order valence-corrected chi connectivity index (χ2v) is 7.11. The number of anilines is 1. The Hall–Kier alpha value is -1.30. The molecule has 0 saturated heterocycles. The monoisotopic (exact) mass is 351 g/mol. The summed E-state index contributed by atoms with van der Waals surface area (Å²) < 4.78 is 0. The molecular weight excluding hydrogens is 334 g/mol. The van der Waals surface area contributed by atoms with E-state index in [0.29, 0.717) is 11.0 Å². The van der Waals surface area contributed by atoms with Crippen LogP contribution in [0.1, 0.15) is 13.8 Å². The predicted molar refractivity (Wildman–Crippen MR) is 98.9 cm³/mol. The summed E-state index contributed by atoms with van der Waals surface area (Å²) in [6, 6.07) is 11.6. The number of benzene rings is 1. The van der Waals surface area contributed by atoms with E-state index < -0.39 is 0 Å². The van der Waals surface area contributed by atoms with Gasteiger partial charge in [0.1, 0.15) is 5.03 Å². The molecule has 2 N–H and O–H groups in total. The molecule has 2 rings (SSSR count). The third-order valence-corrected chi connectivity index (χ3v) is 4.16. The first-order valence-corrected chi connectivity index (χ1v) is 8.57. The number of thiocarbonyl (C=S) groups is 1. The zero-order valence-electron chi connectivity index (χ0n) is 12.5. The first-order valence-electron chi connectivity index (χ1n) is 6.97. The third kappa shape index (κ3) is 5.83. The zero-order chi connectivity index (χ0) is 15.9. The van der Waals surface area contributed by atoms with Crippen molar-refractivity contribution in [2.45, 2.75) is 23.8 Å². The fourth-order valence-electron chi connectivity index (χ4n) is 1.61. The van der Waals surface area contributed by atoms with Gasteiger partial charge < -0.3 is 10.6 Å². The minimum absolute atomic E-state index is 0.552. The summed E-state index contributed by atoms with van der Waals surface area (Å²) in [6.07, 6.45) is 1.78. The quantitative estimate of drug-likeness (QED) is 0.755. The molecule has 0 atom stereocenters. The van der Waals surface area contributed by atoms with Crippen LogP contribution in [0.3, 0.4) is 0 Å². The molecule has 22 heavy (non-hydrogen) atoms. The van der Waals surface area contributed by atoms with Crippen LogP contribution in [-0.4, -0.2) is 16.6 Å². The van der Waals surface area contributed by atoms with E-state index in [1.807, 2.05) is 36.4 Å². The van der Waals surface area contributed by atoms with Gasteiger partial charge in [0.25, 0.3) is 0 Å². The van der Waals surface area contributed by atoms with Gasteiger partial charge in [0.2, 0.25) is 0 Å². The van der Waals surface area contributed by atoms with Crippen LogP contribution in [0.15, 0.2) is 52.5 Å². The topological polar surface area (TPSA) is 37.0 Å². The lowest BCUT2D eigenvalue weighted by atomic mass is 10.2. The Kier molecular flexibility index (Phi) is 6.49. The number of pyridine rings is 1. The molecule has 3 nitrogen and oxygen atoms in total. The van der Waals surface area contributed by atoms with Gasteiger partial charge in [0.05, 0.1) is 11.9 Å². The number of halogens is 1. The fourth-order valence-corrected chi connectivity index (χ4v) is 2.69. The number of nitrogens with zero attached hydrogens (tertiary/aromatic N) is 1. The fraction of sp³-hybridized carbons (Fsp3) is 0.250. The second kappa shape index (κ2) is 8.36. The van der Waals surface area contributed by atoms with E-state index in [0.717, 1.165) is 27.2 Å². The molecule has 0 radical (unpaired) electrons. The molecule has 0 saturated carbocycles. The van der Waals surface area contributed by atoms with Crippen molar-refractivity contribution < 1.29 is 0 Å². The molecule has 0 fully saturated rings. The van der Waals surface area contributed by atoms with Crippen molar-refractivity contribution in [1.82, 2.24) is 10.3 Å². The lowest BCUT2D eigenvalue weighted by molar-refractivity contribution is 0.627. The summed E-state index contributed by atoms with van der Waals surface area (Å²) in [5, 5.41) is 8.57. The number of hydrogen-bond acceptors (Lipinski definition) is 3. The summed E-state index contributed by atoms with van der Waals surface area (Å²) >= 11 is 12.7. The van der Waals surface area contributed by atoms with Crippen LogP contribution in [0, 0.1) is 5.92 Å². The molecule has 0 aliphatic rings. The van der Waals surface area contributed by atoms with Gasteiger partial charge >= 0.3 is 0 Å². The summed E-state index contributed by atoms with van der Waals surface area (Å²) in [6.45, 7) is 5.13. The lowest BCUT2D eigenvalue weighted by Crippen LogP contribution is -2.31. The van der Waals surface area contributed by atoms with E-state index >= 15 is 0 Å². The molecule has 2 aromatic rings. The first-order chi connectivity index (χ1) is 10.5. The molecule has 116 valence electrons. The Morgan fingerprint density at radius 1 is 1.23 bits per heavy atom. The van der Waals surface area contributed by atoms with Gasteiger partial charge in [-0.05, 0) is 54.5 Å². The van der Waals surface area contributed by atoms with Gasteiger partial charge in [0.15, 0.2) is 5.11 Å². The Morgan fingerprint density at radius 3 is 2.55 bits per heavy atom. The largest absolute Gasteiger partial charge is 0.362 e. The van der Waals surface area contributed by atoms with Gasteiger partial charge in [-0.15, -0.1) is 0 Å². The average Bonchev–Trinajstić information content (AvgIpc) is 2.49. The maximum absolute atomic E-state index is 5.88. The highest BCUT2D eigenvalue weighted by atomic mass is 35.5. The van der Waals surface area contributed by atoms with E-state index in [4.69, 9.17) is 23.8 Å². The molecule has 1 aromatic heterocycles. The molecule has 1 heterocycles. The van der Waals surface area contributed by atoms with Crippen LogP contribution < -0.4 is 10.6 Å². The zero-order valence-corrected chi connectivity index (χ0v) is 14.9.